The first kappa shape index (κ1) is 18.7. The third-order valence-corrected chi connectivity index (χ3v) is 5.40. The molecule has 2 aliphatic heterocycles. The summed E-state index contributed by atoms with van der Waals surface area (Å²) in [6.07, 6.45) is 13.3. The van der Waals surface area contributed by atoms with Crippen LogP contribution in [0.4, 0.5) is 4.79 Å². The van der Waals surface area contributed by atoms with E-state index in [1.807, 2.05) is 22.8 Å². The fourth-order valence-electron chi connectivity index (χ4n) is 3.74. The average molecular weight is 391 g/mol. The maximum absolute atomic E-state index is 13.0. The number of aromatic nitrogens is 2. The zero-order valence-corrected chi connectivity index (χ0v) is 16.3. The summed E-state index contributed by atoms with van der Waals surface area (Å²) >= 11 is 0. The zero-order valence-electron chi connectivity index (χ0n) is 16.3. The van der Waals surface area contributed by atoms with Crippen molar-refractivity contribution in [3.8, 4) is 6.07 Å². The molecule has 1 atom stereocenters. The Morgan fingerprint density at radius 1 is 1.28 bits per heavy atom. The van der Waals surface area contributed by atoms with E-state index in [1.165, 1.54) is 9.80 Å². The third kappa shape index (κ3) is 3.25. The van der Waals surface area contributed by atoms with Gasteiger partial charge in [0.2, 0.25) is 0 Å². The molecule has 0 bridgehead atoms. The van der Waals surface area contributed by atoms with Gasteiger partial charge in [0.1, 0.15) is 5.54 Å². The molecule has 3 aliphatic rings. The molecule has 1 unspecified atom stereocenters. The lowest BCUT2D eigenvalue weighted by Crippen LogP contribution is -2.48. The van der Waals surface area contributed by atoms with E-state index in [1.54, 1.807) is 38.5 Å². The molecule has 8 nitrogen and oxygen atoms in total. The normalized spacial score (nSPS) is 23.7. The molecule has 148 valence electrons. The number of rotatable bonds is 4. The van der Waals surface area contributed by atoms with Crippen LogP contribution in [0.3, 0.4) is 0 Å². The van der Waals surface area contributed by atoms with Crippen LogP contribution in [0.1, 0.15) is 26.0 Å². The SMILES string of the molecule is CC1=CC2(C)C(=O)N(Cc3cncn3CC3=CCC=C(C#N)C=C3)C(=O)N2CO1. The average Bonchev–Trinajstić information content (AvgIpc) is 3.08. The van der Waals surface area contributed by atoms with Gasteiger partial charge in [-0.15, -0.1) is 0 Å². The van der Waals surface area contributed by atoms with Crippen LogP contribution < -0.4 is 0 Å². The van der Waals surface area contributed by atoms with Crippen molar-refractivity contribution in [2.24, 2.45) is 0 Å². The van der Waals surface area contributed by atoms with Gasteiger partial charge < -0.3 is 9.30 Å². The van der Waals surface area contributed by atoms with Gasteiger partial charge in [0.15, 0.2) is 6.73 Å². The predicted octanol–water partition coefficient (Wildman–Crippen LogP) is 2.63. The Bertz CT molecular complexity index is 1040. The molecule has 3 amide bonds. The van der Waals surface area contributed by atoms with Crippen molar-refractivity contribution in [2.45, 2.75) is 38.9 Å². The Balaban J connectivity index is 1.53. The van der Waals surface area contributed by atoms with Gasteiger partial charge in [-0.25, -0.2) is 9.78 Å². The molecular weight excluding hydrogens is 370 g/mol. The van der Waals surface area contributed by atoms with Gasteiger partial charge in [-0.3, -0.25) is 14.6 Å². The number of urea groups is 1. The lowest BCUT2D eigenvalue weighted by molar-refractivity contribution is -0.132. The third-order valence-electron chi connectivity index (χ3n) is 5.40. The minimum Gasteiger partial charge on any atom is -0.478 e. The molecular formula is C21H21N5O3. The number of allylic oxidation sites excluding steroid dienone is 7. The number of fused-ring (bicyclic) bond motifs is 1. The van der Waals surface area contributed by atoms with E-state index in [0.29, 0.717) is 24.3 Å². The standard InChI is InChI=1S/C21H21N5O3/c1-15-8-21(2)19(27)25(20(28)26(21)14-29-15)12-18-10-23-13-24(18)11-17-5-3-4-16(9-22)6-7-17/h4-8,10,13H,3,11-12,14H2,1-2H3. The lowest BCUT2D eigenvalue weighted by atomic mass is 9.99. The van der Waals surface area contributed by atoms with Crippen molar-refractivity contribution in [1.29, 1.82) is 5.26 Å². The fourth-order valence-corrected chi connectivity index (χ4v) is 3.74. The molecule has 1 aromatic heterocycles. The topological polar surface area (TPSA) is 91.5 Å². The number of amides is 3. The van der Waals surface area contributed by atoms with Crippen LogP contribution in [-0.4, -0.2) is 43.6 Å². The number of hydrogen-bond acceptors (Lipinski definition) is 5. The van der Waals surface area contributed by atoms with E-state index in [2.05, 4.69) is 11.1 Å². The van der Waals surface area contributed by atoms with Crippen LogP contribution in [0.25, 0.3) is 0 Å². The van der Waals surface area contributed by atoms with Crippen LogP contribution in [0.5, 0.6) is 0 Å². The highest BCUT2D eigenvalue weighted by Gasteiger charge is 2.55. The summed E-state index contributed by atoms with van der Waals surface area (Å²) in [5.74, 6) is 0.364. The van der Waals surface area contributed by atoms with Gasteiger partial charge in [-0.1, -0.05) is 18.2 Å². The molecule has 8 heteroatoms. The lowest BCUT2D eigenvalue weighted by Gasteiger charge is -2.33. The molecule has 0 radical (unpaired) electrons. The van der Waals surface area contributed by atoms with Crippen LogP contribution in [0.15, 0.2) is 59.8 Å². The smallest absolute Gasteiger partial charge is 0.330 e. The number of carbonyl (C=O) groups is 2. The number of carbonyl (C=O) groups excluding carboxylic acids is 2. The Morgan fingerprint density at radius 3 is 2.90 bits per heavy atom. The fraction of sp³-hybridized carbons (Fsp3) is 0.333. The van der Waals surface area contributed by atoms with Crippen molar-refractivity contribution in [2.75, 3.05) is 6.73 Å². The highest BCUT2D eigenvalue weighted by atomic mass is 16.5. The van der Waals surface area contributed by atoms with Crippen LogP contribution in [0, 0.1) is 11.3 Å². The van der Waals surface area contributed by atoms with Gasteiger partial charge in [0.05, 0.1) is 30.4 Å². The molecule has 29 heavy (non-hydrogen) atoms. The van der Waals surface area contributed by atoms with E-state index in [4.69, 9.17) is 10.00 Å². The van der Waals surface area contributed by atoms with E-state index in [9.17, 15) is 9.59 Å². The highest BCUT2D eigenvalue weighted by molar-refractivity contribution is 6.08. The second-order valence-corrected chi connectivity index (χ2v) is 7.41. The maximum Gasteiger partial charge on any atom is 0.330 e. The Morgan fingerprint density at radius 2 is 2.10 bits per heavy atom. The quantitative estimate of drug-likeness (QED) is 0.736. The molecule has 1 aromatic rings. The number of imidazole rings is 1. The molecule has 1 fully saturated rings. The first-order chi connectivity index (χ1) is 13.9. The second-order valence-electron chi connectivity index (χ2n) is 7.41. The molecule has 4 rings (SSSR count). The summed E-state index contributed by atoms with van der Waals surface area (Å²) in [7, 11) is 0. The van der Waals surface area contributed by atoms with Crippen molar-refractivity contribution in [1.82, 2.24) is 19.4 Å². The first-order valence-electron chi connectivity index (χ1n) is 9.34. The molecule has 0 N–H and O–H groups in total. The summed E-state index contributed by atoms with van der Waals surface area (Å²) in [5.41, 5.74) is 1.40. The van der Waals surface area contributed by atoms with E-state index in [-0.39, 0.29) is 25.2 Å². The predicted molar refractivity (Wildman–Crippen MR) is 104 cm³/mol. The minimum absolute atomic E-state index is 0.0606. The second kappa shape index (κ2) is 7.09. The summed E-state index contributed by atoms with van der Waals surface area (Å²) in [6.45, 7) is 4.24. The largest absolute Gasteiger partial charge is 0.478 e. The molecule has 0 aromatic carbocycles. The summed E-state index contributed by atoms with van der Waals surface area (Å²) in [5, 5.41) is 9.04. The number of imide groups is 1. The molecule has 1 saturated heterocycles. The van der Waals surface area contributed by atoms with Gasteiger partial charge in [0.25, 0.3) is 5.91 Å². The van der Waals surface area contributed by atoms with Gasteiger partial charge >= 0.3 is 6.03 Å². The van der Waals surface area contributed by atoms with Crippen molar-refractivity contribution in [3.63, 3.8) is 0 Å². The first-order valence-corrected chi connectivity index (χ1v) is 9.34. The highest BCUT2D eigenvalue weighted by Crippen LogP contribution is 2.34. The van der Waals surface area contributed by atoms with E-state index >= 15 is 0 Å². The van der Waals surface area contributed by atoms with Gasteiger partial charge in [-0.2, -0.15) is 5.26 Å². The molecule has 0 saturated carbocycles. The summed E-state index contributed by atoms with van der Waals surface area (Å²) in [6, 6.07) is 1.77. The van der Waals surface area contributed by atoms with E-state index in [0.717, 1.165) is 11.3 Å². The minimum atomic E-state index is -1.02. The van der Waals surface area contributed by atoms with Crippen molar-refractivity contribution in [3.05, 3.63) is 65.5 Å². The van der Waals surface area contributed by atoms with Crippen LogP contribution in [-0.2, 0) is 22.6 Å². The molecule has 1 aliphatic carbocycles. The van der Waals surface area contributed by atoms with Crippen LogP contribution in [0.2, 0.25) is 0 Å². The number of nitrogens with zero attached hydrogens (tertiary/aromatic N) is 5. The monoisotopic (exact) mass is 391 g/mol. The summed E-state index contributed by atoms with van der Waals surface area (Å²) < 4.78 is 7.35. The molecule has 3 heterocycles. The van der Waals surface area contributed by atoms with Crippen molar-refractivity contribution >= 4 is 11.9 Å². The Kier molecular flexibility index (Phi) is 4.59. The van der Waals surface area contributed by atoms with Gasteiger partial charge in [0, 0.05) is 18.3 Å². The Hall–Kier alpha value is -3.60. The van der Waals surface area contributed by atoms with E-state index < -0.39 is 5.54 Å². The number of hydrogen-bond donors (Lipinski definition) is 0. The number of ether oxygens (including phenoxy) is 1. The number of nitriles is 1. The van der Waals surface area contributed by atoms with Crippen LogP contribution >= 0.6 is 0 Å². The van der Waals surface area contributed by atoms with Crippen molar-refractivity contribution < 1.29 is 14.3 Å². The van der Waals surface area contributed by atoms with Gasteiger partial charge in [-0.05, 0) is 38.0 Å². The maximum atomic E-state index is 13.0. The Labute approximate surface area is 168 Å². The summed E-state index contributed by atoms with van der Waals surface area (Å²) in [4.78, 5) is 32.8. The molecule has 0 spiro atoms. The zero-order chi connectivity index (χ0) is 20.6.